The van der Waals surface area contributed by atoms with E-state index in [-0.39, 0.29) is 18.0 Å². The molecule has 3 aliphatic heterocycles. The number of likely N-dealkylation sites (tertiary alicyclic amines) is 1. The van der Waals surface area contributed by atoms with E-state index in [1.807, 2.05) is 4.90 Å². The molecule has 6 nitrogen and oxygen atoms in total. The number of piperidine rings is 1. The van der Waals surface area contributed by atoms with Gasteiger partial charge in [-0.3, -0.25) is 9.69 Å². The Morgan fingerprint density at radius 2 is 1.88 bits per heavy atom. The molecule has 4 rings (SSSR count). The molecule has 6 heteroatoms. The predicted octanol–water partition coefficient (Wildman–Crippen LogP) is 1.57. The molecule has 4 atom stereocenters. The number of carbonyl (C=O) groups excluding carboxylic acids is 1. The Balaban J connectivity index is 1.60. The van der Waals surface area contributed by atoms with E-state index >= 15 is 0 Å². The van der Waals surface area contributed by atoms with Crippen LogP contribution in [0.25, 0.3) is 0 Å². The van der Waals surface area contributed by atoms with E-state index in [2.05, 4.69) is 24.0 Å². The summed E-state index contributed by atoms with van der Waals surface area (Å²) in [5.74, 6) is 2.26. The minimum Gasteiger partial charge on any atom is -0.493 e. The summed E-state index contributed by atoms with van der Waals surface area (Å²) in [6, 6.07) is 4.64. The Morgan fingerprint density at radius 1 is 1.15 bits per heavy atom. The lowest BCUT2D eigenvalue weighted by Crippen LogP contribution is -2.60. The van der Waals surface area contributed by atoms with Crippen LogP contribution in [0.15, 0.2) is 12.1 Å². The highest BCUT2D eigenvalue weighted by Gasteiger charge is 2.43. The first-order valence-corrected chi connectivity index (χ1v) is 9.55. The zero-order valence-corrected chi connectivity index (χ0v) is 15.9. The molecule has 0 saturated carbocycles. The number of carbonyl (C=O) groups is 1. The van der Waals surface area contributed by atoms with Gasteiger partial charge in [0.05, 0.1) is 20.3 Å². The molecular formula is C20H29N3O3. The largest absolute Gasteiger partial charge is 0.493 e. The predicted molar refractivity (Wildman–Crippen MR) is 99.4 cm³/mol. The van der Waals surface area contributed by atoms with Crippen LogP contribution in [0.4, 0.5) is 0 Å². The average Bonchev–Trinajstić information content (AvgIpc) is 2.97. The maximum Gasteiger partial charge on any atom is 0.223 e. The molecule has 0 aromatic heterocycles. The normalized spacial score (nSPS) is 31.5. The first-order valence-electron chi connectivity index (χ1n) is 9.55. The maximum atomic E-state index is 12.4. The Kier molecular flexibility index (Phi) is 4.57. The number of methoxy groups -OCH3 is 2. The lowest BCUT2D eigenvalue weighted by Gasteiger charge is -2.48. The van der Waals surface area contributed by atoms with Gasteiger partial charge < -0.3 is 20.1 Å². The van der Waals surface area contributed by atoms with Crippen LogP contribution in [-0.2, 0) is 11.2 Å². The lowest BCUT2D eigenvalue weighted by atomic mass is 9.83. The summed E-state index contributed by atoms with van der Waals surface area (Å²) in [6.07, 6.45) is 2.51. The van der Waals surface area contributed by atoms with Gasteiger partial charge >= 0.3 is 0 Å². The molecule has 3 aliphatic rings. The van der Waals surface area contributed by atoms with E-state index in [0.717, 1.165) is 44.0 Å². The molecule has 3 heterocycles. The van der Waals surface area contributed by atoms with Crippen molar-refractivity contribution in [2.45, 2.75) is 44.3 Å². The van der Waals surface area contributed by atoms with E-state index in [1.54, 1.807) is 14.2 Å². The van der Waals surface area contributed by atoms with Crippen molar-refractivity contribution in [3.8, 4) is 11.5 Å². The van der Waals surface area contributed by atoms with Crippen molar-refractivity contribution in [3.63, 3.8) is 0 Å². The van der Waals surface area contributed by atoms with Crippen LogP contribution in [0.2, 0.25) is 0 Å². The number of ether oxygens (including phenoxy) is 2. The summed E-state index contributed by atoms with van der Waals surface area (Å²) in [5, 5.41) is 0. The minimum atomic E-state index is 0.00421. The molecule has 2 fully saturated rings. The molecule has 26 heavy (non-hydrogen) atoms. The third-order valence-electron chi connectivity index (χ3n) is 6.28. The fraction of sp³-hybridized carbons (Fsp3) is 0.650. The van der Waals surface area contributed by atoms with E-state index in [1.165, 1.54) is 11.1 Å². The molecule has 0 unspecified atom stereocenters. The fourth-order valence-corrected chi connectivity index (χ4v) is 4.93. The molecule has 0 aliphatic carbocycles. The molecule has 2 N–H and O–H groups in total. The summed E-state index contributed by atoms with van der Waals surface area (Å²) >= 11 is 0. The van der Waals surface area contributed by atoms with Crippen molar-refractivity contribution >= 4 is 5.91 Å². The van der Waals surface area contributed by atoms with Crippen molar-refractivity contribution in [1.29, 1.82) is 0 Å². The summed E-state index contributed by atoms with van der Waals surface area (Å²) in [5.41, 5.74) is 9.20. The minimum absolute atomic E-state index is 0.00421. The Morgan fingerprint density at radius 3 is 2.54 bits per heavy atom. The number of rotatable bonds is 3. The Bertz CT molecular complexity index is 708. The van der Waals surface area contributed by atoms with Gasteiger partial charge in [0.1, 0.15) is 0 Å². The number of hydrogen-bond acceptors (Lipinski definition) is 5. The van der Waals surface area contributed by atoms with Crippen LogP contribution >= 0.6 is 0 Å². The van der Waals surface area contributed by atoms with Crippen molar-refractivity contribution in [1.82, 2.24) is 9.80 Å². The fourth-order valence-electron chi connectivity index (χ4n) is 4.93. The lowest BCUT2D eigenvalue weighted by molar-refractivity contribution is -0.131. The third kappa shape index (κ3) is 2.85. The van der Waals surface area contributed by atoms with Gasteiger partial charge in [-0.2, -0.15) is 0 Å². The number of amides is 1. The summed E-state index contributed by atoms with van der Waals surface area (Å²) in [7, 11) is 3.35. The summed E-state index contributed by atoms with van der Waals surface area (Å²) < 4.78 is 11.0. The van der Waals surface area contributed by atoms with Crippen molar-refractivity contribution in [3.05, 3.63) is 23.3 Å². The number of hydrogen-bond donors (Lipinski definition) is 1. The van der Waals surface area contributed by atoms with E-state index < -0.39 is 0 Å². The molecule has 0 spiro atoms. The molecule has 142 valence electrons. The molecule has 1 amide bonds. The first kappa shape index (κ1) is 17.6. The highest BCUT2D eigenvalue weighted by Crippen LogP contribution is 2.42. The molecular weight excluding hydrogens is 330 g/mol. The average molecular weight is 359 g/mol. The Labute approximate surface area is 155 Å². The molecule has 2 saturated heterocycles. The highest BCUT2D eigenvalue weighted by molar-refractivity contribution is 5.79. The highest BCUT2D eigenvalue weighted by atomic mass is 16.5. The number of nitrogens with two attached hydrogens (primary N) is 1. The third-order valence-corrected chi connectivity index (χ3v) is 6.28. The number of benzene rings is 1. The van der Waals surface area contributed by atoms with Crippen molar-refractivity contribution < 1.29 is 14.3 Å². The topological polar surface area (TPSA) is 68.0 Å². The second-order valence-corrected chi connectivity index (χ2v) is 7.99. The van der Waals surface area contributed by atoms with E-state index in [0.29, 0.717) is 18.4 Å². The molecule has 0 bridgehead atoms. The van der Waals surface area contributed by atoms with E-state index in [4.69, 9.17) is 15.2 Å². The standard InChI is InChI=1S/C20H29N3O3/c1-12-6-20(24)23(10-12)17-11-22-5-4-13-7-18(25-2)19(26-3)8-14(13)16(22)9-15(17)21/h7-8,12,15-17H,4-6,9-11,21H2,1-3H3/t12-,15+,16+,17+/m1/s1. The number of nitrogens with zero attached hydrogens (tertiary/aromatic N) is 2. The van der Waals surface area contributed by atoms with Crippen LogP contribution < -0.4 is 15.2 Å². The van der Waals surface area contributed by atoms with Crippen molar-refractivity contribution in [2.24, 2.45) is 11.7 Å². The van der Waals surface area contributed by atoms with Gasteiger partial charge in [0.15, 0.2) is 11.5 Å². The SMILES string of the molecule is COc1cc2c(cc1OC)[C@@H]1C[C@H](N)[C@@H](N3C[C@H](C)CC3=O)CN1CC2. The number of fused-ring (bicyclic) bond motifs is 3. The van der Waals surface area contributed by atoms with Gasteiger partial charge in [-0.25, -0.2) is 0 Å². The van der Waals surface area contributed by atoms with Crippen LogP contribution in [0.1, 0.15) is 36.9 Å². The monoisotopic (exact) mass is 359 g/mol. The zero-order valence-electron chi connectivity index (χ0n) is 15.9. The summed E-state index contributed by atoms with van der Waals surface area (Å²) in [6.45, 7) is 4.84. The zero-order chi connectivity index (χ0) is 18.4. The maximum absolute atomic E-state index is 12.4. The quantitative estimate of drug-likeness (QED) is 0.887. The van der Waals surface area contributed by atoms with Gasteiger partial charge in [0.2, 0.25) is 5.91 Å². The van der Waals surface area contributed by atoms with Gasteiger partial charge in [-0.15, -0.1) is 0 Å². The van der Waals surface area contributed by atoms with Gasteiger partial charge in [-0.1, -0.05) is 6.92 Å². The second kappa shape index (κ2) is 6.74. The smallest absolute Gasteiger partial charge is 0.223 e. The van der Waals surface area contributed by atoms with E-state index in [9.17, 15) is 4.79 Å². The molecule has 1 aromatic rings. The summed E-state index contributed by atoms with van der Waals surface area (Å²) in [4.78, 5) is 16.9. The Hall–Kier alpha value is -1.79. The van der Waals surface area contributed by atoms with Crippen LogP contribution in [-0.4, -0.2) is 61.6 Å². The molecule has 1 aromatic carbocycles. The van der Waals surface area contributed by atoms with Crippen LogP contribution in [0, 0.1) is 5.92 Å². The van der Waals surface area contributed by atoms with Gasteiger partial charge in [0, 0.05) is 38.1 Å². The van der Waals surface area contributed by atoms with Crippen LogP contribution in [0.5, 0.6) is 11.5 Å². The van der Waals surface area contributed by atoms with Crippen molar-refractivity contribution in [2.75, 3.05) is 33.9 Å². The molecule has 0 radical (unpaired) electrons. The second-order valence-electron chi connectivity index (χ2n) is 7.99. The first-order chi connectivity index (χ1) is 12.5. The van der Waals surface area contributed by atoms with Crippen LogP contribution in [0.3, 0.4) is 0 Å². The van der Waals surface area contributed by atoms with Gasteiger partial charge in [0.25, 0.3) is 0 Å². The van der Waals surface area contributed by atoms with Gasteiger partial charge in [-0.05, 0) is 42.0 Å².